The van der Waals surface area contributed by atoms with E-state index in [0.717, 1.165) is 61.2 Å². The first-order chi connectivity index (χ1) is 24.0. The molecule has 2 saturated heterocycles. The number of nitrogens with one attached hydrogen (secondary N) is 1. The lowest BCUT2D eigenvalue weighted by Gasteiger charge is -2.33. The van der Waals surface area contributed by atoms with Gasteiger partial charge in [-0.05, 0) is 92.7 Å². The topological polar surface area (TPSA) is 120 Å². The highest BCUT2D eigenvalue weighted by atomic mass is 32.2. The van der Waals surface area contributed by atoms with Crippen LogP contribution in [0.25, 0.3) is 4.91 Å². The standard InChI is InChI=1S/C36H51F2N5O4S.CH4O/c1-23(2)33(30-19-32(41-47-30)46-22-27-13-16-42(17-14-27)21-24(3)18-31(37)38)36(45)43-15-7-8-29(43)35(44)40-20-26-9-11-28(12-10-26)34(48-6)25(4)39-5;1-2/h9-12,19,23-24,27,29,31,33H,5,7-8,13-18,20-22H2,1-4,6H3,(H,40,44);2H,1H3/b34-25-;. The van der Waals surface area contributed by atoms with Gasteiger partial charge >= 0.3 is 0 Å². The second-order valence-corrected chi connectivity index (χ2v) is 14.3. The molecule has 2 aliphatic heterocycles. The number of carbonyl (C=O) groups is 2. The number of aliphatic imine (C=N–C) groups is 1. The number of piperidine rings is 1. The molecule has 2 amide bonds. The molecule has 0 radical (unpaired) electrons. The fourth-order valence-corrected chi connectivity index (χ4v) is 7.42. The van der Waals surface area contributed by atoms with Crippen LogP contribution in [0.2, 0.25) is 0 Å². The second kappa shape index (κ2) is 20.5. The van der Waals surface area contributed by atoms with E-state index in [-0.39, 0.29) is 30.1 Å². The minimum atomic E-state index is -2.26. The zero-order valence-electron chi connectivity index (χ0n) is 30.4. The molecule has 13 heteroatoms. The summed E-state index contributed by atoms with van der Waals surface area (Å²) < 4.78 is 37.0. The van der Waals surface area contributed by atoms with Crippen LogP contribution in [-0.2, 0) is 16.1 Å². The molecule has 4 rings (SSSR count). The number of halogens is 2. The number of hydrogen-bond donors (Lipinski definition) is 2. The fourth-order valence-electron chi connectivity index (χ4n) is 6.69. The third kappa shape index (κ3) is 11.6. The molecule has 2 N–H and O–H groups in total. The van der Waals surface area contributed by atoms with Crippen molar-refractivity contribution in [1.29, 1.82) is 0 Å². The lowest BCUT2D eigenvalue weighted by molar-refractivity contribution is -0.140. The molecule has 10 nitrogen and oxygen atoms in total. The number of thioether (sulfide) groups is 1. The van der Waals surface area contributed by atoms with E-state index in [9.17, 15) is 18.4 Å². The van der Waals surface area contributed by atoms with Crippen molar-refractivity contribution in [2.75, 3.05) is 46.2 Å². The van der Waals surface area contributed by atoms with Crippen LogP contribution in [0.1, 0.15) is 82.6 Å². The highest BCUT2D eigenvalue weighted by Crippen LogP contribution is 2.33. The van der Waals surface area contributed by atoms with Gasteiger partial charge in [-0.15, -0.1) is 11.8 Å². The number of benzene rings is 1. The van der Waals surface area contributed by atoms with Crippen LogP contribution < -0.4 is 10.1 Å². The van der Waals surface area contributed by atoms with E-state index >= 15 is 0 Å². The van der Waals surface area contributed by atoms with Gasteiger partial charge in [0.05, 0.1) is 12.3 Å². The quantitative estimate of drug-likeness (QED) is 0.190. The number of rotatable bonds is 16. The molecule has 2 fully saturated rings. The second-order valence-electron chi connectivity index (χ2n) is 13.5. The Balaban J connectivity index is 0.00000332. The first-order valence-electron chi connectivity index (χ1n) is 17.4. The Hall–Kier alpha value is -3.29. The van der Waals surface area contributed by atoms with Crippen LogP contribution in [0.4, 0.5) is 8.78 Å². The predicted molar refractivity (Wildman–Crippen MR) is 195 cm³/mol. The number of aliphatic hydroxyl groups excluding tert-OH is 1. The maximum absolute atomic E-state index is 13.9. The normalized spacial score (nSPS) is 18.7. The zero-order chi connectivity index (χ0) is 36.8. The van der Waals surface area contributed by atoms with Crippen LogP contribution in [0.3, 0.4) is 0 Å². The van der Waals surface area contributed by atoms with Crippen LogP contribution in [0.15, 0.2) is 45.5 Å². The smallest absolute Gasteiger partial charge is 0.254 e. The van der Waals surface area contributed by atoms with E-state index in [1.807, 2.05) is 58.2 Å². The van der Waals surface area contributed by atoms with Crippen molar-refractivity contribution in [1.82, 2.24) is 20.3 Å². The molecule has 0 bridgehead atoms. The lowest BCUT2D eigenvalue weighted by atomic mass is 9.91. The van der Waals surface area contributed by atoms with E-state index in [4.69, 9.17) is 14.4 Å². The Kier molecular flexibility index (Phi) is 16.9. The summed E-state index contributed by atoms with van der Waals surface area (Å²) in [7, 11) is 1.00. The van der Waals surface area contributed by atoms with Crippen molar-refractivity contribution in [3.8, 4) is 5.88 Å². The number of aliphatic hydroxyl groups is 1. The summed E-state index contributed by atoms with van der Waals surface area (Å²) in [6, 6.07) is 9.16. The summed E-state index contributed by atoms with van der Waals surface area (Å²) in [6.45, 7) is 15.1. The summed E-state index contributed by atoms with van der Waals surface area (Å²) in [4.78, 5) is 36.3. The molecule has 2 aromatic rings. The molecule has 3 unspecified atom stereocenters. The summed E-state index contributed by atoms with van der Waals surface area (Å²) in [5.74, 6) is 0.0802. The zero-order valence-corrected chi connectivity index (χ0v) is 31.2. The highest BCUT2D eigenvalue weighted by molar-refractivity contribution is 8.07. The average molecular weight is 720 g/mol. The minimum absolute atomic E-state index is 0.0295. The molecule has 3 atom stereocenters. The number of nitrogens with zero attached hydrogens (tertiary/aromatic N) is 4. The van der Waals surface area contributed by atoms with E-state index < -0.39 is 18.4 Å². The van der Waals surface area contributed by atoms with E-state index in [1.54, 1.807) is 22.7 Å². The molecule has 278 valence electrons. The number of amides is 2. The number of carbonyl (C=O) groups excluding carboxylic acids is 2. The van der Waals surface area contributed by atoms with Gasteiger partial charge in [-0.3, -0.25) is 14.6 Å². The molecular formula is C37H55F2N5O5S. The predicted octanol–water partition coefficient (Wildman–Crippen LogP) is 6.46. The molecule has 3 heterocycles. The third-order valence-corrected chi connectivity index (χ3v) is 10.3. The van der Waals surface area contributed by atoms with Crippen molar-refractivity contribution in [3.05, 3.63) is 52.9 Å². The van der Waals surface area contributed by atoms with E-state index in [1.165, 1.54) is 0 Å². The Labute approximate surface area is 300 Å². The van der Waals surface area contributed by atoms with Gasteiger partial charge < -0.3 is 29.5 Å². The van der Waals surface area contributed by atoms with Crippen molar-refractivity contribution < 1.29 is 32.7 Å². The van der Waals surface area contributed by atoms with Gasteiger partial charge in [0, 0.05) is 44.1 Å². The molecule has 0 spiro atoms. The van der Waals surface area contributed by atoms with Crippen molar-refractivity contribution in [3.63, 3.8) is 0 Å². The number of alkyl halides is 2. The molecular weight excluding hydrogens is 665 g/mol. The number of likely N-dealkylation sites (tertiary alicyclic amines) is 2. The average Bonchev–Trinajstić information content (AvgIpc) is 3.79. The van der Waals surface area contributed by atoms with Crippen LogP contribution in [0.5, 0.6) is 5.88 Å². The summed E-state index contributed by atoms with van der Waals surface area (Å²) in [5.41, 5.74) is 2.88. The van der Waals surface area contributed by atoms with E-state index in [2.05, 4.69) is 27.1 Å². The maximum atomic E-state index is 13.9. The molecule has 0 aliphatic carbocycles. The number of hydrogen-bond acceptors (Lipinski definition) is 9. The van der Waals surface area contributed by atoms with Crippen molar-refractivity contribution in [2.45, 2.75) is 84.7 Å². The summed E-state index contributed by atoms with van der Waals surface area (Å²) >= 11 is 1.62. The molecule has 1 aromatic heterocycles. The Morgan fingerprint density at radius 2 is 1.82 bits per heavy atom. The summed E-state index contributed by atoms with van der Waals surface area (Å²) in [5, 5.41) is 14.1. The summed E-state index contributed by atoms with van der Waals surface area (Å²) in [6.07, 6.45) is 2.88. The Morgan fingerprint density at radius 3 is 2.42 bits per heavy atom. The SMILES string of the molecule is C=N/C(C)=C(\SC)c1ccc(CNC(=O)C2CCCN2C(=O)C(c2cc(OCC3CCN(CC(C)CC(F)F)CC3)no2)C(C)C)cc1.CO. The van der Waals surface area contributed by atoms with Gasteiger partial charge in [-0.25, -0.2) is 8.78 Å². The first-order valence-corrected chi connectivity index (χ1v) is 18.7. The maximum Gasteiger partial charge on any atom is 0.254 e. The largest absolute Gasteiger partial charge is 0.475 e. The first kappa shape index (κ1) is 41.1. The van der Waals surface area contributed by atoms with Gasteiger partial charge in [0.25, 0.3) is 5.88 Å². The Bertz CT molecular complexity index is 1390. The molecule has 50 heavy (non-hydrogen) atoms. The van der Waals surface area contributed by atoms with E-state index in [0.29, 0.717) is 50.2 Å². The van der Waals surface area contributed by atoms with Gasteiger partial charge in [0.1, 0.15) is 12.0 Å². The van der Waals surface area contributed by atoms with Crippen LogP contribution >= 0.6 is 11.8 Å². The lowest BCUT2D eigenvalue weighted by Crippen LogP contribution is -2.47. The Morgan fingerprint density at radius 1 is 1.14 bits per heavy atom. The van der Waals surface area contributed by atoms with Gasteiger partial charge in [0.15, 0.2) is 5.76 Å². The number of aromatic nitrogens is 1. The number of allylic oxidation sites excluding steroid dienone is 1. The monoisotopic (exact) mass is 719 g/mol. The third-order valence-electron chi connectivity index (χ3n) is 9.36. The highest BCUT2D eigenvalue weighted by Gasteiger charge is 2.40. The van der Waals surface area contributed by atoms with Gasteiger partial charge in [-0.2, -0.15) is 0 Å². The fraction of sp³-hybridized carbons (Fsp3) is 0.622. The molecule has 1 aromatic carbocycles. The molecule has 0 saturated carbocycles. The van der Waals surface area contributed by atoms with Gasteiger partial charge in [-0.1, -0.05) is 45.0 Å². The minimum Gasteiger partial charge on any atom is -0.475 e. The van der Waals surface area contributed by atoms with Crippen molar-refractivity contribution >= 4 is 35.2 Å². The van der Waals surface area contributed by atoms with Crippen LogP contribution in [0, 0.1) is 17.8 Å². The number of ether oxygens (including phenoxy) is 1. The van der Waals surface area contributed by atoms with Crippen LogP contribution in [-0.4, -0.2) is 97.2 Å². The molecule has 2 aliphatic rings. The van der Waals surface area contributed by atoms with Crippen molar-refractivity contribution in [2.24, 2.45) is 22.7 Å². The van der Waals surface area contributed by atoms with Gasteiger partial charge in [0.2, 0.25) is 18.2 Å².